The molecule has 102 valence electrons. The summed E-state index contributed by atoms with van der Waals surface area (Å²) in [5.74, 6) is -1.73. The quantitative estimate of drug-likeness (QED) is 0.838. The number of anilines is 1. The van der Waals surface area contributed by atoms with Gasteiger partial charge in [0.25, 0.3) is 5.91 Å². The molecule has 0 spiro atoms. The summed E-state index contributed by atoms with van der Waals surface area (Å²) in [6, 6.07) is 7.05. The summed E-state index contributed by atoms with van der Waals surface area (Å²) in [6.45, 7) is 0. The van der Waals surface area contributed by atoms with Crippen molar-refractivity contribution in [2.24, 2.45) is 0 Å². The van der Waals surface area contributed by atoms with Gasteiger partial charge in [0.05, 0.1) is 5.56 Å². The molecule has 0 saturated heterocycles. The topological polar surface area (TPSA) is 92.2 Å². The largest absolute Gasteiger partial charge is 0.476 e. The summed E-state index contributed by atoms with van der Waals surface area (Å²) in [7, 11) is 0. The van der Waals surface area contributed by atoms with E-state index >= 15 is 0 Å². The van der Waals surface area contributed by atoms with Gasteiger partial charge in [0, 0.05) is 17.3 Å². The van der Waals surface area contributed by atoms with E-state index in [1.54, 1.807) is 12.1 Å². The SMILES string of the molecule is CSc1ccccc1C(=O)Nc1nccnc1C(=O)O. The van der Waals surface area contributed by atoms with Crippen LogP contribution in [0, 0.1) is 0 Å². The third-order valence-electron chi connectivity index (χ3n) is 2.48. The van der Waals surface area contributed by atoms with E-state index in [1.807, 2.05) is 18.4 Å². The molecule has 0 radical (unpaired) electrons. The number of hydrogen-bond acceptors (Lipinski definition) is 5. The molecular weight excluding hydrogens is 278 g/mol. The second-order valence-corrected chi connectivity index (χ2v) is 4.56. The van der Waals surface area contributed by atoms with Crippen molar-refractivity contribution in [1.29, 1.82) is 0 Å². The Morgan fingerprint density at radius 3 is 2.60 bits per heavy atom. The van der Waals surface area contributed by atoms with Crippen molar-refractivity contribution in [3.8, 4) is 0 Å². The predicted molar refractivity (Wildman–Crippen MR) is 75.2 cm³/mol. The number of hydrogen-bond donors (Lipinski definition) is 2. The van der Waals surface area contributed by atoms with E-state index < -0.39 is 11.9 Å². The fraction of sp³-hybridized carbons (Fsp3) is 0.0769. The molecule has 0 saturated carbocycles. The highest BCUT2D eigenvalue weighted by Gasteiger charge is 2.17. The average molecular weight is 289 g/mol. The zero-order valence-corrected chi connectivity index (χ0v) is 11.3. The number of benzene rings is 1. The van der Waals surface area contributed by atoms with E-state index in [4.69, 9.17) is 5.11 Å². The van der Waals surface area contributed by atoms with Gasteiger partial charge in [-0.15, -0.1) is 11.8 Å². The number of nitrogens with one attached hydrogen (secondary N) is 1. The van der Waals surface area contributed by atoms with Crippen molar-refractivity contribution in [3.05, 3.63) is 47.9 Å². The van der Waals surface area contributed by atoms with Crippen molar-refractivity contribution < 1.29 is 14.7 Å². The lowest BCUT2D eigenvalue weighted by Gasteiger charge is -2.08. The molecule has 0 atom stereocenters. The minimum Gasteiger partial charge on any atom is -0.476 e. The molecule has 2 rings (SSSR count). The fourth-order valence-corrected chi connectivity index (χ4v) is 2.19. The molecule has 2 aromatic rings. The van der Waals surface area contributed by atoms with Crippen LogP contribution in [0.3, 0.4) is 0 Å². The number of nitrogens with zero attached hydrogens (tertiary/aromatic N) is 2. The summed E-state index contributed by atoms with van der Waals surface area (Å²) in [6.07, 6.45) is 4.44. The lowest BCUT2D eigenvalue weighted by molar-refractivity contribution is 0.0691. The first kappa shape index (κ1) is 14.0. The first-order chi connectivity index (χ1) is 9.63. The molecule has 1 heterocycles. The fourth-order valence-electron chi connectivity index (χ4n) is 1.59. The molecule has 0 aliphatic rings. The molecule has 2 N–H and O–H groups in total. The highest BCUT2D eigenvalue weighted by atomic mass is 32.2. The number of amides is 1. The molecule has 0 fully saturated rings. The second kappa shape index (κ2) is 6.16. The van der Waals surface area contributed by atoms with Crippen LogP contribution in [-0.2, 0) is 0 Å². The van der Waals surface area contributed by atoms with Gasteiger partial charge < -0.3 is 10.4 Å². The van der Waals surface area contributed by atoms with Crippen LogP contribution >= 0.6 is 11.8 Å². The van der Waals surface area contributed by atoms with Crippen molar-refractivity contribution in [1.82, 2.24) is 9.97 Å². The number of rotatable bonds is 4. The summed E-state index contributed by atoms with van der Waals surface area (Å²) < 4.78 is 0. The van der Waals surface area contributed by atoms with E-state index in [9.17, 15) is 9.59 Å². The monoisotopic (exact) mass is 289 g/mol. The molecule has 0 bridgehead atoms. The van der Waals surface area contributed by atoms with Gasteiger partial charge in [0.15, 0.2) is 11.5 Å². The number of aromatic carboxylic acids is 1. The lowest BCUT2D eigenvalue weighted by Crippen LogP contribution is -2.17. The van der Waals surface area contributed by atoms with Crippen LogP contribution in [0.2, 0.25) is 0 Å². The van der Waals surface area contributed by atoms with Crippen LogP contribution in [0.25, 0.3) is 0 Å². The zero-order chi connectivity index (χ0) is 14.5. The molecule has 0 aliphatic carbocycles. The van der Waals surface area contributed by atoms with Gasteiger partial charge in [0.1, 0.15) is 0 Å². The molecule has 6 nitrogen and oxygen atoms in total. The van der Waals surface area contributed by atoms with Gasteiger partial charge in [-0.3, -0.25) is 4.79 Å². The molecule has 7 heteroatoms. The van der Waals surface area contributed by atoms with Crippen LogP contribution in [0.5, 0.6) is 0 Å². The predicted octanol–water partition coefficient (Wildman–Crippen LogP) is 2.15. The van der Waals surface area contributed by atoms with E-state index in [0.717, 1.165) is 4.90 Å². The maximum absolute atomic E-state index is 12.2. The van der Waals surface area contributed by atoms with Gasteiger partial charge in [-0.05, 0) is 18.4 Å². The molecule has 20 heavy (non-hydrogen) atoms. The molecule has 0 aliphatic heterocycles. The summed E-state index contributed by atoms with van der Waals surface area (Å²) in [5.41, 5.74) is 0.171. The number of aromatic nitrogens is 2. The smallest absolute Gasteiger partial charge is 0.358 e. The van der Waals surface area contributed by atoms with E-state index in [0.29, 0.717) is 5.56 Å². The zero-order valence-electron chi connectivity index (χ0n) is 10.5. The Morgan fingerprint density at radius 1 is 1.20 bits per heavy atom. The van der Waals surface area contributed by atoms with E-state index in [2.05, 4.69) is 15.3 Å². The van der Waals surface area contributed by atoms with Crippen LogP contribution < -0.4 is 5.32 Å². The Balaban J connectivity index is 2.31. The number of carboxylic acids is 1. The van der Waals surface area contributed by atoms with Gasteiger partial charge in [-0.2, -0.15) is 0 Å². The van der Waals surface area contributed by atoms with Crippen molar-refractivity contribution in [2.45, 2.75) is 4.90 Å². The van der Waals surface area contributed by atoms with Gasteiger partial charge >= 0.3 is 5.97 Å². The van der Waals surface area contributed by atoms with Crippen LogP contribution in [0.4, 0.5) is 5.82 Å². The third kappa shape index (κ3) is 2.94. The summed E-state index contributed by atoms with van der Waals surface area (Å²) >= 11 is 1.43. The number of carbonyl (C=O) groups is 2. The first-order valence-corrected chi connectivity index (χ1v) is 6.84. The molecule has 1 amide bonds. The molecular formula is C13H11N3O3S. The molecule has 1 aromatic carbocycles. The highest BCUT2D eigenvalue weighted by Crippen LogP contribution is 2.21. The second-order valence-electron chi connectivity index (χ2n) is 3.71. The van der Waals surface area contributed by atoms with Gasteiger partial charge in [-0.25, -0.2) is 14.8 Å². The van der Waals surface area contributed by atoms with E-state index in [1.165, 1.54) is 24.2 Å². The molecule has 1 aromatic heterocycles. The lowest BCUT2D eigenvalue weighted by atomic mass is 10.2. The van der Waals surface area contributed by atoms with Crippen LogP contribution in [0.15, 0.2) is 41.6 Å². The third-order valence-corrected chi connectivity index (χ3v) is 3.28. The Hall–Kier alpha value is -2.41. The Labute approximate surface area is 119 Å². The van der Waals surface area contributed by atoms with Gasteiger partial charge in [-0.1, -0.05) is 12.1 Å². The number of carboxylic acid groups (broad SMARTS) is 1. The van der Waals surface area contributed by atoms with Crippen molar-refractivity contribution >= 4 is 29.5 Å². The normalized spacial score (nSPS) is 10.1. The van der Waals surface area contributed by atoms with Crippen LogP contribution in [0.1, 0.15) is 20.8 Å². The Kier molecular flexibility index (Phi) is 4.31. The van der Waals surface area contributed by atoms with Crippen molar-refractivity contribution in [2.75, 3.05) is 11.6 Å². The minimum absolute atomic E-state index is 0.0686. The number of thioether (sulfide) groups is 1. The van der Waals surface area contributed by atoms with Gasteiger partial charge in [0.2, 0.25) is 0 Å². The Bertz CT molecular complexity index is 661. The summed E-state index contributed by atoms with van der Waals surface area (Å²) in [5, 5.41) is 11.5. The van der Waals surface area contributed by atoms with Crippen LogP contribution in [-0.4, -0.2) is 33.2 Å². The minimum atomic E-state index is -1.24. The maximum Gasteiger partial charge on any atom is 0.358 e. The highest BCUT2D eigenvalue weighted by molar-refractivity contribution is 7.98. The first-order valence-electron chi connectivity index (χ1n) is 5.62. The summed E-state index contributed by atoms with van der Waals surface area (Å²) in [4.78, 5) is 31.5. The Morgan fingerprint density at radius 2 is 1.90 bits per heavy atom. The standard InChI is InChI=1S/C13H11N3O3S/c1-20-9-5-3-2-4-8(9)12(17)16-11-10(13(18)19)14-6-7-15-11/h2-7H,1H3,(H,18,19)(H,15,16,17). The average Bonchev–Trinajstić information content (AvgIpc) is 2.47. The maximum atomic E-state index is 12.2. The van der Waals surface area contributed by atoms with Crippen molar-refractivity contribution in [3.63, 3.8) is 0 Å². The molecule has 0 unspecified atom stereocenters. The number of carbonyl (C=O) groups excluding carboxylic acids is 1. The van der Waals surface area contributed by atoms with E-state index in [-0.39, 0.29) is 11.5 Å².